The van der Waals surface area contributed by atoms with Gasteiger partial charge in [0.2, 0.25) is 0 Å². The number of nitrogens with one attached hydrogen (secondary N) is 2. The zero-order valence-electron chi connectivity index (χ0n) is 16.1. The number of amides is 2. The van der Waals surface area contributed by atoms with E-state index in [4.69, 9.17) is 0 Å². The molecule has 2 aliphatic rings. The van der Waals surface area contributed by atoms with Crippen LogP contribution < -0.4 is 10.6 Å². The molecule has 2 N–H and O–H groups in total. The molecule has 0 saturated heterocycles. The summed E-state index contributed by atoms with van der Waals surface area (Å²) in [6, 6.07) is 19.3. The Morgan fingerprint density at radius 1 is 0.607 bits per heavy atom. The Hall–Kier alpha value is -2.62. The lowest BCUT2D eigenvalue weighted by Gasteiger charge is -2.46. The highest BCUT2D eigenvalue weighted by atomic mass is 16.2. The molecule has 0 aromatic heterocycles. The van der Waals surface area contributed by atoms with Crippen LogP contribution in [0.5, 0.6) is 0 Å². The van der Waals surface area contributed by atoms with E-state index in [0.717, 1.165) is 49.7 Å². The molecule has 2 amide bonds. The Bertz CT molecular complexity index is 736. The first-order valence-electron chi connectivity index (χ1n) is 10.4. The van der Waals surface area contributed by atoms with E-state index in [2.05, 4.69) is 10.6 Å². The van der Waals surface area contributed by atoms with Crippen LogP contribution in [-0.4, -0.2) is 23.9 Å². The summed E-state index contributed by atoms with van der Waals surface area (Å²) in [5.41, 5.74) is 1.43. The Morgan fingerprint density at radius 3 is 1.39 bits per heavy atom. The number of carbonyl (C=O) groups is 2. The van der Waals surface area contributed by atoms with E-state index in [1.54, 1.807) is 0 Å². The van der Waals surface area contributed by atoms with Crippen LogP contribution in [0.2, 0.25) is 0 Å². The van der Waals surface area contributed by atoms with Crippen molar-refractivity contribution in [3.05, 3.63) is 71.8 Å². The lowest BCUT2D eigenvalue weighted by molar-refractivity contribution is 0.0664. The lowest BCUT2D eigenvalue weighted by Crippen LogP contribution is -2.53. The van der Waals surface area contributed by atoms with E-state index in [9.17, 15) is 9.59 Å². The maximum Gasteiger partial charge on any atom is 0.251 e. The maximum absolute atomic E-state index is 12.7. The molecule has 0 radical (unpaired) electrons. The van der Waals surface area contributed by atoms with Crippen LogP contribution in [-0.2, 0) is 0 Å². The van der Waals surface area contributed by atoms with Crippen molar-refractivity contribution in [1.82, 2.24) is 10.6 Å². The van der Waals surface area contributed by atoms with Crippen LogP contribution in [0.25, 0.3) is 0 Å². The lowest BCUT2D eigenvalue weighted by atomic mass is 9.66. The van der Waals surface area contributed by atoms with Crippen molar-refractivity contribution in [2.75, 3.05) is 0 Å². The molecule has 4 rings (SSSR count). The molecule has 0 spiro atoms. The quantitative estimate of drug-likeness (QED) is 0.841. The summed E-state index contributed by atoms with van der Waals surface area (Å²) in [5, 5.41) is 6.58. The predicted octanol–water partition coefficient (Wildman–Crippen LogP) is 4.18. The summed E-state index contributed by atoms with van der Waals surface area (Å²) in [7, 11) is 0. The first-order valence-corrected chi connectivity index (χ1v) is 10.4. The van der Waals surface area contributed by atoms with E-state index in [-0.39, 0.29) is 23.9 Å². The number of benzene rings is 2. The summed E-state index contributed by atoms with van der Waals surface area (Å²) in [4.78, 5) is 25.3. The van der Waals surface area contributed by atoms with Crippen LogP contribution in [0.1, 0.15) is 59.2 Å². The van der Waals surface area contributed by atoms with Gasteiger partial charge in [0.25, 0.3) is 11.8 Å². The summed E-state index contributed by atoms with van der Waals surface area (Å²) in [6.07, 6.45) is 6.50. The van der Waals surface area contributed by atoms with Crippen LogP contribution in [0.15, 0.2) is 60.7 Å². The summed E-state index contributed by atoms with van der Waals surface area (Å²) < 4.78 is 0. The topological polar surface area (TPSA) is 58.2 Å². The van der Waals surface area contributed by atoms with Crippen molar-refractivity contribution in [3.8, 4) is 0 Å². The molecule has 0 unspecified atom stereocenters. The van der Waals surface area contributed by atoms with Gasteiger partial charge < -0.3 is 10.6 Å². The third-order valence-electron chi connectivity index (χ3n) is 6.39. The SMILES string of the molecule is O=C(N[C@H]1CCC[C@H]2[C@@H]1CCC[C@H]2NC(=O)c1ccccc1)c1ccccc1. The normalized spacial score (nSPS) is 26.7. The average Bonchev–Trinajstić information content (AvgIpc) is 2.75. The first-order chi connectivity index (χ1) is 13.7. The highest BCUT2D eigenvalue weighted by Crippen LogP contribution is 2.41. The van der Waals surface area contributed by atoms with Gasteiger partial charge in [-0.25, -0.2) is 0 Å². The molecule has 0 bridgehead atoms. The van der Waals surface area contributed by atoms with Crippen molar-refractivity contribution < 1.29 is 9.59 Å². The van der Waals surface area contributed by atoms with Crippen molar-refractivity contribution in [2.45, 2.75) is 50.6 Å². The second-order valence-corrected chi connectivity index (χ2v) is 8.08. The average molecular weight is 377 g/mol. The van der Waals surface area contributed by atoms with E-state index in [1.165, 1.54) is 0 Å². The smallest absolute Gasteiger partial charge is 0.251 e. The zero-order valence-corrected chi connectivity index (χ0v) is 16.1. The Balaban J connectivity index is 1.43. The highest BCUT2D eigenvalue weighted by molar-refractivity contribution is 5.94. The van der Waals surface area contributed by atoms with E-state index >= 15 is 0 Å². The Labute approximate surface area is 166 Å². The second kappa shape index (κ2) is 8.59. The summed E-state index contributed by atoms with van der Waals surface area (Å²) >= 11 is 0. The second-order valence-electron chi connectivity index (χ2n) is 8.08. The summed E-state index contributed by atoms with van der Waals surface area (Å²) in [6.45, 7) is 0. The van der Waals surface area contributed by atoms with Crippen LogP contribution in [0.3, 0.4) is 0 Å². The van der Waals surface area contributed by atoms with Gasteiger partial charge in [-0.05, 0) is 61.8 Å². The van der Waals surface area contributed by atoms with Gasteiger partial charge in [-0.3, -0.25) is 9.59 Å². The molecule has 2 aromatic rings. The van der Waals surface area contributed by atoms with E-state index in [1.807, 2.05) is 60.7 Å². The van der Waals surface area contributed by atoms with Crippen LogP contribution in [0, 0.1) is 11.8 Å². The fourth-order valence-electron chi connectivity index (χ4n) is 5.04. The summed E-state index contributed by atoms with van der Waals surface area (Å²) in [5.74, 6) is 0.913. The molecule has 4 nitrogen and oxygen atoms in total. The van der Waals surface area contributed by atoms with Crippen LogP contribution in [0.4, 0.5) is 0 Å². The Morgan fingerprint density at radius 2 is 1.00 bits per heavy atom. The molecule has 28 heavy (non-hydrogen) atoms. The molecule has 2 saturated carbocycles. The van der Waals surface area contributed by atoms with Gasteiger partial charge in [0, 0.05) is 23.2 Å². The largest absolute Gasteiger partial charge is 0.349 e. The Kier molecular flexibility index (Phi) is 5.75. The monoisotopic (exact) mass is 376 g/mol. The molecule has 2 aromatic carbocycles. The van der Waals surface area contributed by atoms with Gasteiger partial charge in [-0.2, -0.15) is 0 Å². The molecule has 2 fully saturated rings. The number of fused-ring (bicyclic) bond motifs is 1. The minimum atomic E-state index is 0.0155. The first kappa shape index (κ1) is 18.7. The number of hydrogen-bond acceptors (Lipinski definition) is 2. The van der Waals surface area contributed by atoms with Crippen molar-refractivity contribution in [1.29, 1.82) is 0 Å². The number of rotatable bonds is 4. The van der Waals surface area contributed by atoms with E-state index in [0.29, 0.717) is 11.8 Å². The molecular formula is C24H28N2O2. The van der Waals surface area contributed by atoms with Gasteiger partial charge in [0.15, 0.2) is 0 Å². The van der Waals surface area contributed by atoms with Gasteiger partial charge in [-0.15, -0.1) is 0 Å². The molecule has 2 aliphatic carbocycles. The van der Waals surface area contributed by atoms with E-state index < -0.39 is 0 Å². The molecule has 0 heterocycles. The minimum Gasteiger partial charge on any atom is -0.349 e. The third-order valence-corrected chi connectivity index (χ3v) is 6.39. The molecule has 4 heteroatoms. The standard InChI is InChI=1S/C24H28N2O2/c27-23(17-9-3-1-4-10-17)25-21-15-7-14-20-19(21)13-8-16-22(20)26-24(28)18-11-5-2-6-12-18/h1-6,9-12,19-22H,7-8,13-16H2,(H,25,27)(H,26,28)/t19-,20-,21-,22+/m0/s1. The van der Waals surface area contributed by atoms with Crippen molar-refractivity contribution in [3.63, 3.8) is 0 Å². The molecule has 146 valence electrons. The molecule has 4 atom stereocenters. The van der Waals surface area contributed by atoms with Gasteiger partial charge >= 0.3 is 0 Å². The van der Waals surface area contributed by atoms with Gasteiger partial charge in [-0.1, -0.05) is 49.2 Å². The van der Waals surface area contributed by atoms with Gasteiger partial charge in [0.05, 0.1) is 0 Å². The predicted molar refractivity (Wildman–Crippen MR) is 110 cm³/mol. The van der Waals surface area contributed by atoms with Crippen molar-refractivity contribution >= 4 is 11.8 Å². The zero-order chi connectivity index (χ0) is 19.3. The highest BCUT2D eigenvalue weighted by Gasteiger charge is 2.41. The van der Waals surface area contributed by atoms with Crippen molar-refractivity contribution in [2.24, 2.45) is 11.8 Å². The number of hydrogen-bond donors (Lipinski definition) is 2. The maximum atomic E-state index is 12.7. The fraction of sp³-hybridized carbons (Fsp3) is 0.417. The number of carbonyl (C=O) groups excluding carboxylic acids is 2. The molecular weight excluding hydrogens is 348 g/mol. The van der Waals surface area contributed by atoms with Crippen LogP contribution >= 0.6 is 0 Å². The molecule has 0 aliphatic heterocycles. The fourth-order valence-corrected chi connectivity index (χ4v) is 5.04. The third kappa shape index (κ3) is 4.11. The minimum absolute atomic E-state index is 0.0155. The van der Waals surface area contributed by atoms with Gasteiger partial charge in [0.1, 0.15) is 0 Å².